The number of hydrogen-bond acceptors (Lipinski definition) is 4. The summed E-state index contributed by atoms with van der Waals surface area (Å²) in [5.74, 6) is 0.0125. The maximum Gasteiger partial charge on any atom is 0.282 e. The quantitative estimate of drug-likeness (QED) is 0.773. The van der Waals surface area contributed by atoms with E-state index in [4.69, 9.17) is 15.6 Å². The standard InChI is InChI=1S/C8H10F2N2O2/c1-14-5-2-4(3-13)6(11)7(12-5)8(9)10/h2,8,13H,3,11H2,1H3. The first-order chi connectivity index (χ1) is 6.60. The summed E-state index contributed by atoms with van der Waals surface area (Å²) < 4.78 is 29.5. The van der Waals surface area contributed by atoms with Gasteiger partial charge in [0, 0.05) is 11.6 Å². The van der Waals surface area contributed by atoms with Gasteiger partial charge in [0.1, 0.15) is 5.69 Å². The first-order valence-electron chi connectivity index (χ1n) is 3.82. The van der Waals surface area contributed by atoms with Gasteiger partial charge in [-0.2, -0.15) is 0 Å². The number of aliphatic hydroxyl groups excluding tert-OH is 1. The number of rotatable bonds is 3. The van der Waals surface area contributed by atoms with Crippen LogP contribution >= 0.6 is 0 Å². The molecule has 1 aromatic rings. The average Bonchev–Trinajstić information content (AvgIpc) is 2.17. The average molecular weight is 204 g/mol. The Morgan fingerprint density at radius 2 is 2.29 bits per heavy atom. The minimum absolute atomic E-state index is 0.0125. The number of methoxy groups -OCH3 is 1. The van der Waals surface area contributed by atoms with Gasteiger partial charge < -0.3 is 15.6 Å². The Kier molecular flexibility index (Phi) is 3.19. The Bertz CT molecular complexity index is 331. The molecule has 0 saturated carbocycles. The highest BCUT2D eigenvalue weighted by Gasteiger charge is 2.17. The first kappa shape index (κ1) is 10.6. The van der Waals surface area contributed by atoms with Crippen molar-refractivity contribution in [1.82, 2.24) is 4.98 Å². The number of ether oxygens (including phenoxy) is 1. The molecule has 0 aliphatic rings. The summed E-state index contributed by atoms with van der Waals surface area (Å²) in [5, 5.41) is 8.84. The van der Waals surface area contributed by atoms with Crippen LogP contribution in [0.15, 0.2) is 6.07 Å². The monoisotopic (exact) mass is 204 g/mol. The van der Waals surface area contributed by atoms with Crippen LogP contribution in [0, 0.1) is 0 Å². The molecule has 14 heavy (non-hydrogen) atoms. The third-order valence-electron chi connectivity index (χ3n) is 1.74. The van der Waals surface area contributed by atoms with Gasteiger partial charge in [-0.1, -0.05) is 0 Å². The zero-order valence-corrected chi connectivity index (χ0v) is 7.50. The maximum absolute atomic E-state index is 12.4. The number of nitrogens with two attached hydrogens (primary N) is 1. The number of hydrogen-bond donors (Lipinski definition) is 2. The summed E-state index contributed by atoms with van der Waals surface area (Å²) in [4.78, 5) is 3.49. The van der Waals surface area contributed by atoms with Crippen LogP contribution in [-0.4, -0.2) is 17.2 Å². The van der Waals surface area contributed by atoms with Gasteiger partial charge in [-0.15, -0.1) is 0 Å². The Hall–Kier alpha value is -1.43. The van der Waals surface area contributed by atoms with Crippen molar-refractivity contribution in [3.63, 3.8) is 0 Å². The molecule has 0 spiro atoms. The van der Waals surface area contributed by atoms with E-state index in [-0.39, 0.29) is 17.1 Å². The molecule has 0 atom stereocenters. The molecule has 0 unspecified atom stereocenters. The van der Waals surface area contributed by atoms with Crippen LogP contribution in [0.2, 0.25) is 0 Å². The fraction of sp³-hybridized carbons (Fsp3) is 0.375. The van der Waals surface area contributed by atoms with Gasteiger partial charge in [-0.05, 0) is 0 Å². The summed E-state index contributed by atoms with van der Waals surface area (Å²) in [6.07, 6.45) is -2.78. The predicted octanol–water partition coefficient (Wildman–Crippen LogP) is 1.10. The summed E-state index contributed by atoms with van der Waals surface area (Å²) in [7, 11) is 1.30. The molecule has 0 saturated heterocycles. The molecule has 1 rings (SSSR count). The fourth-order valence-corrected chi connectivity index (χ4v) is 1.00. The van der Waals surface area contributed by atoms with Gasteiger partial charge >= 0.3 is 0 Å². The number of aliphatic hydroxyl groups is 1. The van der Waals surface area contributed by atoms with Crippen molar-refractivity contribution < 1.29 is 18.6 Å². The SMILES string of the molecule is COc1cc(CO)c(N)c(C(F)F)n1. The Morgan fingerprint density at radius 3 is 2.71 bits per heavy atom. The van der Waals surface area contributed by atoms with Gasteiger partial charge in [0.15, 0.2) is 0 Å². The predicted molar refractivity (Wildman–Crippen MR) is 46.1 cm³/mol. The molecule has 78 valence electrons. The number of pyridine rings is 1. The maximum atomic E-state index is 12.4. The number of anilines is 1. The molecular weight excluding hydrogens is 194 g/mol. The van der Waals surface area contributed by atoms with E-state index in [0.29, 0.717) is 0 Å². The van der Waals surface area contributed by atoms with Crippen LogP contribution in [0.4, 0.5) is 14.5 Å². The molecule has 3 N–H and O–H groups in total. The second-order valence-corrected chi connectivity index (χ2v) is 2.58. The summed E-state index contributed by atoms with van der Waals surface area (Å²) >= 11 is 0. The minimum atomic E-state index is -2.78. The topological polar surface area (TPSA) is 68.4 Å². The summed E-state index contributed by atoms with van der Waals surface area (Å²) in [5.41, 5.74) is 4.79. The lowest BCUT2D eigenvalue weighted by atomic mass is 10.2. The molecular formula is C8H10F2N2O2. The van der Waals surface area contributed by atoms with E-state index in [1.54, 1.807) is 0 Å². The minimum Gasteiger partial charge on any atom is -0.481 e. The van der Waals surface area contributed by atoms with Crippen LogP contribution in [-0.2, 0) is 6.61 Å². The van der Waals surface area contributed by atoms with Crippen LogP contribution < -0.4 is 10.5 Å². The first-order valence-corrected chi connectivity index (χ1v) is 3.82. The third-order valence-corrected chi connectivity index (χ3v) is 1.74. The lowest BCUT2D eigenvalue weighted by Gasteiger charge is -2.10. The van der Waals surface area contributed by atoms with Gasteiger partial charge in [-0.3, -0.25) is 0 Å². The van der Waals surface area contributed by atoms with Crippen molar-refractivity contribution >= 4 is 5.69 Å². The molecule has 6 heteroatoms. The van der Waals surface area contributed by atoms with Crippen LogP contribution in [0.25, 0.3) is 0 Å². The molecule has 0 amide bonds. The van der Waals surface area contributed by atoms with Crippen molar-refractivity contribution in [2.45, 2.75) is 13.0 Å². The van der Waals surface area contributed by atoms with E-state index in [2.05, 4.69) is 4.98 Å². The number of aromatic nitrogens is 1. The van der Waals surface area contributed by atoms with E-state index in [0.717, 1.165) is 0 Å². The van der Waals surface area contributed by atoms with Crippen molar-refractivity contribution in [1.29, 1.82) is 0 Å². The molecule has 0 bridgehead atoms. The summed E-state index contributed by atoms with van der Waals surface area (Å²) in [6, 6.07) is 1.32. The largest absolute Gasteiger partial charge is 0.481 e. The van der Waals surface area contributed by atoms with E-state index in [1.807, 2.05) is 0 Å². The zero-order chi connectivity index (χ0) is 10.7. The molecule has 0 fully saturated rings. The van der Waals surface area contributed by atoms with Gasteiger partial charge in [0.2, 0.25) is 5.88 Å². The van der Waals surface area contributed by atoms with Crippen molar-refractivity contribution in [3.8, 4) is 5.88 Å². The highest BCUT2D eigenvalue weighted by atomic mass is 19.3. The van der Waals surface area contributed by atoms with Gasteiger partial charge in [0.25, 0.3) is 6.43 Å². The Balaban J connectivity index is 3.27. The normalized spacial score (nSPS) is 10.6. The molecule has 1 aromatic heterocycles. The van der Waals surface area contributed by atoms with Gasteiger partial charge in [-0.25, -0.2) is 13.8 Å². The molecule has 0 aliphatic carbocycles. The van der Waals surface area contributed by atoms with E-state index < -0.39 is 18.7 Å². The molecule has 0 radical (unpaired) electrons. The third kappa shape index (κ3) is 1.90. The molecule has 0 aliphatic heterocycles. The highest BCUT2D eigenvalue weighted by molar-refractivity contribution is 5.52. The van der Waals surface area contributed by atoms with Crippen LogP contribution in [0.1, 0.15) is 17.7 Å². The van der Waals surface area contributed by atoms with Crippen LogP contribution in [0.3, 0.4) is 0 Å². The number of nitrogen functional groups attached to an aromatic ring is 1. The lowest BCUT2D eigenvalue weighted by molar-refractivity contribution is 0.145. The summed E-state index contributed by atoms with van der Waals surface area (Å²) in [6.45, 7) is -0.426. The van der Waals surface area contributed by atoms with E-state index >= 15 is 0 Å². The van der Waals surface area contributed by atoms with E-state index in [9.17, 15) is 8.78 Å². The molecule has 0 aromatic carbocycles. The second-order valence-electron chi connectivity index (χ2n) is 2.58. The van der Waals surface area contributed by atoms with E-state index in [1.165, 1.54) is 13.2 Å². The Labute approximate surface area is 79.3 Å². The number of alkyl halides is 2. The number of halogens is 2. The highest BCUT2D eigenvalue weighted by Crippen LogP contribution is 2.28. The number of nitrogens with zero attached hydrogens (tertiary/aromatic N) is 1. The second kappa shape index (κ2) is 4.19. The van der Waals surface area contributed by atoms with Crippen LogP contribution in [0.5, 0.6) is 5.88 Å². The van der Waals surface area contributed by atoms with Crippen molar-refractivity contribution in [2.24, 2.45) is 0 Å². The van der Waals surface area contributed by atoms with Crippen molar-refractivity contribution in [2.75, 3.05) is 12.8 Å². The zero-order valence-electron chi connectivity index (χ0n) is 7.50. The smallest absolute Gasteiger partial charge is 0.282 e. The van der Waals surface area contributed by atoms with Crippen molar-refractivity contribution in [3.05, 3.63) is 17.3 Å². The Morgan fingerprint density at radius 1 is 1.64 bits per heavy atom. The van der Waals surface area contributed by atoms with Gasteiger partial charge in [0.05, 0.1) is 19.4 Å². The molecule has 1 heterocycles. The lowest BCUT2D eigenvalue weighted by Crippen LogP contribution is -2.05. The fourth-order valence-electron chi connectivity index (χ4n) is 1.00. The molecule has 4 nitrogen and oxygen atoms in total.